The highest BCUT2D eigenvalue weighted by atomic mass is 32.1. The summed E-state index contributed by atoms with van der Waals surface area (Å²) in [6.45, 7) is 2.79. The van der Waals surface area contributed by atoms with Gasteiger partial charge in [0.2, 0.25) is 5.91 Å². The van der Waals surface area contributed by atoms with E-state index >= 15 is 0 Å². The van der Waals surface area contributed by atoms with Crippen LogP contribution in [0.15, 0.2) is 35.8 Å². The lowest BCUT2D eigenvalue weighted by Gasteiger charge is -2.09. The lowest BCUT2D eigenvalue weighted by molar-refractivity contribution is -0.120. The second-order valence-electron chi connectivity index (χ2n) is 5.49. The number of ether oxygens (including phenoxy) is 1. The summed E-state index contributed by atoms with van der Waals surface area (Å²) >= 11 is 1.33. The van der Waals surface area contributed by atoms with Crippen molar-refractivity contribution >= 4 is 22.4 Å². The zero-order chi connectivity index (χ0) is 17.6. The average molecular weight is 357 g/mol. The van der Waals surface area contributed by atoms with Gasteiger partial charge in [-0.25, -0.2) is 4.98 Å². The minimum absolute atomic E-state index is 0.100. The van der Waals surface area contributed by atoms with Crippen LogP contribution in [0, 0.1) is 6.92 Å². The van der Waals surface area contributed by atoms with E-state index in [0.29, 0.717) is 24.0 Å². The van der Waals surface area contributed by atoms with Crippen molar-refractivity contribution in [2.75, 3.05) is 18.9 Å². The molecule has 0 saturated carbocycles. The van der Waals surface area contributed by atoms with E-state index in [9.17, 15) is 4.79 Å². The first-order valence-corrected chi connectivity index (χ1v) is 8.69. The van der Waals surface area contributed by atoms with Gasteiger partial charge in [-0.1, -0.05) is 12.1 Å². The summed E-state index contributed by atoms with van der Waals surface area (Å²) < 4.78 is 5.71. The molecule has 0 aliphatic carbocycles. The fourth-order valence-electron chi connectivity index (χ4n) is 2.39. The Hall–Kier alpha value is -2.87. The number of nitrogens with one attached hydrogen (secondary N) is 2. The van der Waals surface area contributed by atoms with Crippen LogP contribution in [0.1, 0.15) is 11.4 Å². The molecule has 0 radical (unpaired) electrons. The molecule has 4 N–H and O–H groups in total. The van der Waals surface area contributed by atoms with Crippen molar-refractivity contribution in [3.8, 4) is 16.9 Å². The van der Waals surface area contributed by atoms with Crippen LogP contribution >= 0.6 is 11.3 Å². The smallest absolute Gasteiger partial charge is 0.226 e. The number of hydrogen-bond acceptors (Lipinski definition) is 6. The van der Waals surface area contributed by atoms with E-state index in [0.717, 1.165) is 22.6 Å². The summed E-state index contributed by atoms with van der Waals surface area (Å²) in [7, 11) is 0. The normalized spacial score (nSPS) is 10.6. The van der Waals surface area contributed by atoms with Gasteiger partial charge < -0.3 is 15.8 Å². The predicted octanol–water partition coefficient (Wildman–Crippen LogP) is 2.16. The minimum atomic E-state index is -0.100. The first kappa shape index (κ1) is 17.0. The standard InChI is InChI=1S/C17H19N5O2S/c1-11-15(9-20-22-11)12-3-2-4-14(7-12)24-6-5-19-16(23)8-13-10-25-17(18)21-13/h2-4,7,9-10H,5-6,8H2,1H3,(H2,18,21)(H,19,23)(H,20,22). The highest BCUT2D eigenvalue weighted by molar-refractivity contribution is 7.13. The molecule has 0 spiro atoms. The molecule has 0 atom stereocenters. The number of nitrogens with zero attached hydrogens (tertiary/aromatic N) is 2. The Labute approximate surface area is 149 Å². The molecule has 25 heavy (non-hydrogen) atoms. The number of thiazole rings is 1. The molecule has 2 aromatic heterocycles. The first-order valence-electron chi connectivity index (χ1n) is 7.81. The molecule has 8 heteroatoms. The summed E-state index contributed by atoms with van der Waals surface area (Å²) in [6.07, 6.45) is 2.02. The lowest BCUT2D eigenvalue weighted by atomic mass is 10.1. The maximum atomic E-state index is 11.8. The molecule has 2 heterocycles. The SMILES string of the molecule is Cc1[nH]ncc1-c1cccc(OCCNC(=O)Cc2csc(N)n2)c1. The number of nitrogen functional groups attached to an aromatic ring is 1. The molecule has 0 aliphatic rings. The quantitative estimate of drug-likeness (QED) is 0.562. The maximum Gasteiger partial charge on any atom is 0.226 e. The molecule has 0 saturated heterocycles. The number of rotatable bonds is 7. The summed E-state index contributed by atoms with van der Waals surface area (Å²) in [6, 6.07) is 7.78. The largest absolute Gasteiger partial charge is 0.492 e. The Bertz CT molecular complexity index is 858. The average Bonchev–Trinajstić information content (AvgIpc) is 3.20. The molecule has 1 aromatic carbocycles. The molecule has 1 amide bonds. The third-order valence-corrected chi connectivity index (χ3v) is 4.30. The molecule has 3 rings (SSSR count). The van der Waals surface area contributed by atoms with Crippen molar-refractivity contribution in [3.63, 3.8) is 0 Å². The molecular weight excluding hydrogens is 338 g/mol. The fourth-order valence-corrected chi connectivity index (χ4v) is 2.95. The molecule has 0 aliphatic heterocycles. The molecule has 3 aromatic rings. The van der Waals surface area contributed by atoms with Crippen LogP contribution in [-0.4, -0.2) is 34.2 Å². The fraction of sp³-hybridized carbons (Fsp3) is 0.235. The van der Waals surface area contributed by atoms with Gasteiger partial charge in [-0.3, -0.25) is 9.89 Å². The minimum Gasteiger partial charge on any atom is -0.492 e. The Morgan fingerprint density at radius 2 is 2.32 bits per heavy atom. The molecule has 130 valence electrons. The molecule has 0 fully saturated rings. The van der Waals surface area contributed by atoms with Gasteiger partial charge >= 0.3 is 0 Å². The van der Waals surface area contributed by atoms with E-state index in [1.165, 1.54) is 11.3 Å². The summed E-state index contributed by atoms with van der Waals surface area (Å²) in [5.41, 5.74) is 9.32. The topological polar surface area (TPSA) is 106 Å². The molecule has 7 nitrogen and oxygen atoms in total. The lowest BCUT2D eigenvalue weighted by Crippen LogP contribution is -2.29. The number of benzene rings is 1. The third-order valence-electron chi connectivity index (χ3n) is 3.58. The molecule has 0 unspecified atom stereocenters. The number of aromatic nitrogens is 3. The van der Waals surface area contributed by atoms with Crippen LogP contribution < -0.4 is 15.8 Å². The van der Waals surface area contributed by atoms with Gasteiger partial charge in [0.05, 0.1) is 24.9 Å². The monoisotopic (exact) mass is 357 g/mol. The van der Waals surface area contributed by atoms with Crippen molar-refractivity contribution in [2.24, 2.45) is 0 Å². The van der Waals surface area contributed by atoms with Crippen LogP contribution in [0.3, 0.4) is 0 Å². The number of anilines is 1. The van der Waals surface area contributed by atoms with Crippen molar-refractivity contribution in [2.45, 2.75) is 13.3 Å². The first-order chi connectivity index (χ1) is 12.1. The summed E-state index contributed by atoms with van der Waals surface area (Å²) in [5, 5.41) is 12.0. The number of carbonyl (C=O) groups is 1. The van der Waals surface area contributed by atoms with Crippen molar-refractivity contribution in [1.29, 1.82) is 0 Å². The number of aromatic amines is 1. The number of amides is 1. The molecule has 0 bridgehead atoms. The van der Waals surface area contributed by atoms with Crippen LogP contribution in [0.2, 0.25) is 0 Å². The number of carbonyl (C=O) groups excluding carboxylic acids is 1. The number of nitrogens with two attached hydrogens (primary N) is 1. The van der Waals surface area contributed by atoms with Gasteiger partial charge in [0, 0.05) is 16.6 Å². The van der Waals surface area contributed by atoms with Gasteiger partial charge in [-0.2, -0.15) is 5.10 Å². The van der Waals surface area contributed by atoms with Gasteiger partial charge in [-0.05, 0) is 24.6 Å². The van der Waals surface area contributed by atoms with Crippen molar-refractivity contribution in [1.82, 2.24) is 20.5 Å². The van der Waals surface area contributed by atoms with E-state index in [-0.39, 0.29) is 12.3 Å². The zero-order valence-electron chi connectivity index (χ0n) is 13.8. The van der Waals surface area contributed by atoms with Crippen molar-refractivity contribution in [3.05, 3.63) is 47.2 Å². The predicted molar refractivity (Wildman–Crippen MR) is 97.5 cm³/mol. The Morgan fingerprint density at radius 3 is 3.04 bits per heavy atom. The van der Waals surface area contributed by atoms with Gasteiger partial charge in [0.15, 0.2) is 5.13 Å². The number of aryl methyl sites for hydroxylation is 1. The summed E-state index contributed by atoms with van der Waals surface area (Å²) in [5.74, 6) is 0.649. The van der Waals surface area contributed by atoms with E-state index in [2.05, 4.69) is 20.5 Å². The Kier molecular flexibility index (Phi) is 5.30. The van der Waals surface area contributed by atoms with E-state index in [4.69, 9.17) is 10.5 Å². The number of H-pyrrole nitrogens is 1. The summed E-state index contributed by atoms with van der Waals surface area (Å²) in [4.78, 5) is 15.9. The van der Waals surface area contributed by atoms with E-state index in [1.54, 1.807) is 11.6 Å². The second kappa shape index (κ2) is 7.80. The third kappa shape index (κ3) is 4.57. The Morgan fingerprint density at radius 1 is 1.44 bits per heavy atom. The highest BCUT2D eigenvalue weighted by Gasteiger charge is 2.07. The Balaban J connectivity index is 1.46. The van der Waals surface area contributed by atoms with Crippen LogP contribution in [0.4, 0.5) is 5.13 Å². The highest BCUT2D eigenvalue weighted by Crippen LogP contribution is 2.25. The molecular formula is C17H19N5O2S. The van der Waals surface area contributed by atoms with Crippen LogP contribution in [0.25, 0.3) is 11.1 Å². The van der Waals surface area contributed by atoms with E-state index < -0.39 is 0 Å². The van der Waals surface area contributed by atoms with Gasteiger partial charge in [0.1, 0.15) is 12.4 Å². The second-order valence-corrected chi connectivity index (χ2v) is 6.38. The maximum absolute atomic E-state index is 11.8. The number of hydrogen-bond donors (Lipinski definition) is 3. The van der Waals surface area contributed by atoms with Crippen molar-refractivity contribution < 1.29 is 9.53 Å². The van der Waals surface area contributed by atoms with Gasteiger partial charge in [0.25, 0.3) is 0 Å². The van der Waals surface area contributed by atoms with Crippen LogP contribution in [-0.2, 0) is 11.2 Å². The van der Waals surface area contributed by atoms with E-state index in [1.807, 2.05) is 31.2 Å². The van der Waals surface area contributed by atoms with Gasteiger partial charge in [-0.15, -0.1) is 11.3 Å². The van der Waals surface area contributed by atoms with Crippen LogP contribution in [0.5, 0.6) is 5.75 Å². The zero-order valence-corrected chi connectivity index (χ0v) is 14.6.